The maximum Gasteiger partial charge on any atom is 0.433 e. The number of benzene rings is 1. The van der Waals surface area contributed by atoms with Crippen LogP contribution in [0.1, 0.15) is 48.1 Å². The Morgan fingerprint density at radius 3 is 2.79 bits per heavy atom. The number of halogens is 3. The summed E-state index contributed by atoms with van der Waals surface area (Å²) in [4.78, 5) is 30.7. The van der Waals surface area contributed by atoms with Gasteiger partial charge in [-0.1, -0.05) is 24.3 Å². The fraction of sp³-hybridized carbons (Fsp3) is 0.259. The fourth-order valence-corrected chi connectivity index (χ4v) is 4.53. The van der Waals surface area contributed by atoms with Crippen molar-refractivity contribution in [1.29, 1.82) is 0 Å². The van der Waals surface area contributed by atoms with E-state index in [0.29, 0.717) is 24.4 Å². The largest absolute Gasteiger partial charge is 0.457 e. The molecule has 0 bridgehead atoms. The molecule has 0 radical (unpaired) electrons. The minimum Gasteiger partial charge on any atom is -0.457 e. The zero-order chi connectivity index (χ0) is 26.7. The van der Waals surface area contributed by atoms with E-state index in [1.165, 1.54) is 18.2 Å². The summed E-state index contributed by atoms with van der Waals surface area (Å²) in [5, 5.41) is 10.6. The maximum atomic E-state index is 13.1. The number of hydrogen-bond donors (Lipinski definition) is 2. The first-order valence-corrected chi connectivity index (χ1v) is 12.1. The molecule has 38 heavy (non-hydrogen) atoms. The first kappa shape index (κ1) is 25.2. The lowest BCUT2D eigenvalue weighted by atomic mass is 9.98. The Morgan fingerprint density at radius 1 is 1.13 bits per heavy atom. The van der Waals surface area contributed by atoms with E-state index in [1.807, 2.05) is 30.3 Å². The van der Waals surface area contributed by atoms with Crippen molar-refractivity contribution in [2.75, 3.05) is 11.9 Å². The highest BCUT2D eigenvalue weighted by Gasteiger charge is 2.33. The summed E-state index contributed by atoms with van der Waals surface area (Å²) in [6.45, 7) is 0.462. The molecular weight excluding hydrogens is 499 g/mol. The molecule has 1 atom stereocenters. The SMILES string of the molecule is O=C(/C=C/c1cc2ccccc2o1)Nc1cc(C2CCCCN2C(=O)Cc2cccc(C(F)(F)F)n2)[nH]n1. The average Bonchev–Trinajstić information content (AvgIpc) is 3.54. The minimum atomic E-state index is -4.58. The fourth-order valence-electron chi connectivity index (χ4n) is 4.53. The van der Waals surface area contributed by atoms with Gasteiger partial charge in [-0.25, -0.2) is 4.98 Å². The van der Waals surface area contributed by atoms with Gasteiger partial charge >= 0.3 is 6.18 Å². The number of H-pyrrole nitrogens is 1. The van der Waals surface area contributed by atoms with Crippen molar-refractivity contribution < 1.29 is 27.2 Å². The lowest BCUT2D eigenvalue weighted by Crippen LogP contribution is -2.39. The number of aromatic amines is 1. The van der Waals surface area contributed by atoms with Crippen molar-refractivity contribution in [2.45, 2.75) is 37.9 Å². The molecule has 3 aromatic heterocycles. The Labute approximate surface area is 215 Å². The molecule has 11 heteroatoms. The number of carbonyl (C=O) groups excluding carboxylic acids is 2. The molecule has 196 valence electrons. The van der Waals surface area contributed by atoms with Gasteiger partial charge in [-0.2, -0.15) is 18.3 Å². The van der Waals surface area contributed by atoms with Gasteiger partial charge in [-0.05, 0) is 49.6 Å². The van der Waals surface area contributed by atoms with E-state index in [4.69, 9.17) is 4.42 Å². The van der Waals surface area contributed by atoms with Crippen molar-refractivity contribution in [3.05, 3.63) is 83.5 Å². The number of para-hydroxylation sites is 1. The number of anilines is 1. The molecule has 1 aliphatic heterocycles. The van der Waals surface area contributed by atoms with Crippen LogP contribution in [0.3, 0.4) is 0 Å². The normalized spacial score (nSPS) is 16.3. The van der Waals surface area contributed by atoms with Gasteiger partial charge in [0.05, 0.1) is 23.9 Å². The number of furan rings is 1. The van der Waals surface area contributed by atoms with Crippen LogP contribution < -0.4 is 5.32 Å². The van der Waals surface area contributed by atoms with Crippen molar-refractivity contribution in [3.63, 3.8) is 0 Å². The highest BCUT2D eigenvalue weighted by atomic mass is 19.4. The quantitative estimate of drug-likeness (QED) is 0.324. The van der Waals surface area contributed by atoms with Gasteiger partial charge < -0.3 is 14.6 Å². The zero-order valence-corrected chi connectivity index (χ0v) is 20.2. The monoisotopic (exact) mass is 523 g/mol. The summed E-state index contributed by atoms with van der Waals surface area (Å²) >= 11 is 0. The molecule has 0 aliphatic carbocycles. The molecule has 4 heterocycles. The maximum absolute atomic E-state index is 13.1. The summed E-state index contributed by atoms with van der Waals surface area (Å²) < 4.78 is 44.7. The van der Waals surface area contributed by atoms with E-state index in [1.54, 1.807) is 17.0 Å². The highest BCUT2D eigenvalue weighted by molar-refractivity contribution is 6.01. The molecule has 2 amide bonds. The Bertz CT molecular complexity index is 1460. The Hall–Kier alpha value is -4.41. The standard InChI is InChI=1S/C27H24F3N5O3/c28-27(29,30)23-10-5-7-18(31-23)15-26(37)35-13-4-3-8-21(35)20-16-24(34-33-20)32-25(36)12-11-19-14-17-6-1-2-9-22(17)38-19/h1-2,5-7,9-12,14,16,21H,3-4,8,13,15H2,(H2,32,33,34,36)/b12-11+. The van der Waals surface area contributed by atoms with Crippen LogP contribution in [0.15, 0.2) is 65.1 Å². The topological polar surface area (TPSA) is 104 Å². The molecule has 1 unspecified atom stereocenters. The predicted octanol–water partition coefficient (Wildman–Crippen LogP) is 5.52. The van der Waals surface area contributed by atoms with Gasteiger partial charge in [0.1, 0.15) is 17.0 Å². The van der Waals surface area contributed by atoms with Crippen molar-refractivity contribution in [1.82, 2.24) is 20.1 Å². The number of nitrogens with one attached hydrogen (secondary N) is 2. The summed E-state index contributed by atoms with van der Waals surface area (Å²) in [6.07, 6.45) is 0.384. The molecule has 5 rings (SSSR count). The van der Waals surface area contributed by atoms with Crippen LogP contribution in [0.2, 0.25) is 0 Å². The number of alkyl halides is 3. The van der Waals surface area contributed by atoms with Crippen molar-refractivity contribution in [2.24, 2.45) is 0 Å². The third-order valence-corrected chi connectivity index (χ3v) is 6.30. The van der Waals surface area contributed by atoms with Gasteiger partial charge in [-0.15, -0.1) is 0 Å². The molecule has 0 spiro atoms. The molecule has 8 nitrogen and oxygen atoms in total. The number of carbonyl (C=O) groups is 2. The van der Waals surface area contributed by atoms with Crippen LogP contribution in [-0.4, -0.2) is 38.4 Å². The van der Waals surface area contributed by atoms with E-state index in [2.05, 4.69) is 20.5 Å². The van der Waals surface area contributed by atoms with Crippen LogP contribution in [-0.2, 0) is 22.2 Å². The molecule has 1 aliphatic rings. The molecule has 2 N–H and O–H groups in total. The molecule has 1 saturated heterocycles. The number of aromatic nitrogens is 3. The Kier molecular flexibility index (Phi) is 6.99. The van der Waals surface area contributed by atoms with Gasteiger partial charge in [-0.3, -0.25) is 14.7 Å². The summed E-state index contributed by atoms with van der Waals surface area (Å²) in [5.74, 6) is 0.0960. The van der Waals surface area contributed by atoms with Gasteiger partial charge in [0.2, 0.25) is 11.8 Å². The van der Waals surface area contributed by atoms with Crippen molar-refractivity contribution >= 4 is 34.7 Å². The average molecular weight is 524 g/mol. The molecule has 1 aromatic carbocycles. The predicted molar refractivity (Wildman–Crippen MR) is 134 cm³/mol. The van der Waals surface area contributed by atoms with E-state index in [0.717, 1.165) is 29.9 Å². The number of pyridine rings is 1. The second-order valence-corrected chi connectivity index (χ2v) is 9.01. The number of piperidine rings is 1. The molecule has 0 saturated carbocycles. The highest BCUT2D eigenvalue weighted by Crippen LogP contribution is 2.32. The summed E-state index contributed by atoms with van der Waals surface area (Å²) in [6, 6.07) is 14.2. The Morgan fingerprint density at radius 2 is 1.97 bits per heavy atom. The third kappa shape index (κ3) is 5.77. The summed E-state index contributed by atoms with van der Waals surface area (Å²) in [5.41, 5.74) is 0.385. The van der Waals surface area contributed by atoms with Crippen LogP contribution >= 0.6 is 0 Å². The first-order valence-electron chi connectivity index (χ1n) is 12.1. The smallest absolute Gasteiger partial charge is 0.433 e. The Balaban J connectivity index is 1.24. The molecular formula is C27H24F3N5O3. The van der Waals surface area contributed by atoms with Gasteiger partial charge in [0.15, 0.2) is 5.82 Å². The number of amides is 2. The van der Waals surface area contributed by atoms with Gasteiger partial charge in [0.25, 0.3) is 0 Å². The molecule has 4 aromatic rings. The van der Waals surface area contributed by atoms with Crippen LogP contribution in [0, 0.1) is 0 Å². The second kappa shape index (κ2) is 10.5. The number of likely N-dealkylation sites (tertiary alicyclic amines) is 1. The lowest BCUT2D eigenvalue weighted by Gasteiger charge is -2.35. The number of nitrogens with zero attached hydrogens (tertiary/aromatic N) is 3. The van der Waals surface area contributed by atoms with Crippen LogP contribution in [0.4, 0.5) is 19.0 Å². The number of rotatable bonds is 6. The van der Waals surface area contributed by atoms with E-state index in [9.17, 15) is 22.8 Å². The van der Waals surface area contributed by atoms with Crippen LogP contribution in [0.5, 0.6) is 0 Å². The van der Waals surface area contributed by atoms with Crippen molar-refractivity contribution in [3.8, 4) is 0 Å². The van der Waals surface area contributed by atoms with E-state index < -0.39 is 17.8 Å². The van der Waals surface area contributed by atoms with E-state index >= 15 is 0 Å². The van der Waals surface area contributed by atoms with E-state index in [-0.39, 0.29) is 29.9 Å². The van der Waals surface area contributed by atoms with Gasteiger partial charge in [0, 0.05) is 24.1 Å². The third-order valence-electron chi connectivity index (χ3n) is 6.30. The lowest BCUT2D eigenvalue weighted by molar-refractivity contribution is -0.141. The minimum absolute atomic E-state index is 0.0583. The zero-order valence-electron chi connectivity index (χ0n) is 20.2. The van der Waals surface area contributed by atoms with Crippen LogP contribution in [0.25, 0.3) is 17.0 Å². The first-order chi connectivity index (χ1) is 18.3. The summed E-state index contributed by atoms with van der Waals surface area (Å²) in [7, 11) is 0. The molecule has 1 fully saturated rings. The number of fused-ring (bicyclic) bond motifs is 1. The second-order valence-electron chi connectivity index (χ2n) is 9.01. The number of hydrogen-bond acceptors (Lipinski definition) is 5.